The Bertz CT molecular complexity index is 2690. The van der Waals surface area contributed by atoms with E-state index in [1.807, 2.05) is 13.8 Å². The number of fused-ring (bicyclic) bond motifs is 1. The third-order valence-electron chi connectivity index (χ3n) is 11.7. The summed E-state index contributed by atoms with van der Waals surface area (Å²) in [6.07, 6.45) is 1.94. The normalized spacial score (nSPS) is 14.1. The number of aromatic nitrogens is 3. The van der Waals surface area contributed by atoms with E-state index in [1.165, 1.54) is 26.6 Å². The quantitative estimate of drug-likeness (QED) is 0.0164. The van der Waals surface area contributed by atoms with Gasteiger partial charge in [0.05, 0.1) is 26.0 Å². The van der Waals surface area contributed by atoms with Crippen LogP contribution in [0.25, 0.3) is 10.9 Å². The molecule has 4 rings (SSSR count). The van der Waals surface area contributed by atoms with E-state index >= 15 is 0 Å². The number of imidazole rings is 1. The lowest BCUT2D eigenvalue weighted by Crippen LogP contribution is -2.59. The molecule has 2 aromatic heterocycles. The maximum Gasteiger partial charge on any atom is 0.328 e. The number of aromatic amines is 2. The van der Waals surface area contributed by atoms with Gasteiger partial charge in [-0.1, -0.05) is 45.9 Å². The highest BCUT2D eigenvalue weighted by Crippen LogP contribution is 2.24. The van der Waals surface area contributed by atoms with Crippen molar-refractivity contribution in [2.45, 2.75) is 115 Å². The molecule has 0 bridgehead atoms. The number of amides is 8. The maximum atomic E-state index is 14.5. The zero-order valence-electron chi connectivity index (χ0n) is 41.8. The molecule has 13 N–H and O–H groups in total. The van der Waals surface area contributed by atoms with Crippen molar-refractivity contribution in [3.63, 3.8) is 0 Å². The number of nitrogens with zero attached hydrogens (tertiary/aromatic N) is 1. The monoisotopic (exact) mass is 1060 g/mol. The number of para-hydroxylation sites is 1. The molecule has 7 atom stereocenters. The van der Waals surface area contributed by atoms with E-state index < -0.39 is 162 Å². The van der Waals surface area contributed by atoms with Crippen LogP contribution in [0, 0.1) is 40.9 Å². The highest BCUT2D eigenvalue weighted by atomic mass is 19.2. The first-order valence-corrected chi connectivity index (χ1v) is 23.6. The number of hydrogen-bond acceptors (Lipinski definition) is 12. The number of rotatable bonds is 27. The van der Waals surface area contributed by atoms with E-state index in [2.05, 4.69) is 52.2 Å². The molecule has 0 aliphatic heterocycles. The summed E-state index contributed by atoms with van der Waals surface area (Å²) in [6, 6.07) is -3.45. The van der Waals surface area contributed by atoms with Gasteiger partial charge in [-0.3, -0.25) is 38.4 Å². The molecule has 0 saturated carbocycles. The lowest BCUT2D eigenvalue weighted by Gasteiger charge is -2.26. The predicted molar refractivity (Wildman–Crippen MR) is 257 cm³/mol. The molecule has 408 valence electrons. The minimum atomic E-state index is -2.44. The summed E-state index contributed by atoms with van der Waals surface area (Å²) < 4.78 is 75.2. The number of halogens is 5. The van der Waals surface area contributed by atoms with E-state index in [1.54, 1.807) is 44.3 Å². The molecule has 2 heterocycles. The smallest absolute Gasteiger partial charge is 0.328 e. The number of carbonyl (C=O) groups is 9. The van der Waals surface area contributed by atoms with Gasteiger partial charge in [0.15, 0.2) is 23.3 Å². The van der Waals surface area contributed by atoms with Crippen LogP contribution in [-0.4, -0.2) is 124 Å². The molecular weight excluding hydrogens is 1000 g/mol. The summed E-state index contributed by atoms with van der Waals surface area (Å²) in [7, 11) is 1.17. The zero-order chi connectivity index (χ0) is 55.8. The summed E-state index contributed by atoms with van der Waals surface area (Å²) in [5.74, 6) is -20.4. The largest absolute Gasteiger partial charge is 0.467 e. The second kappa shape index (κ2) is 27.4. The second-order valence-corrected chi connectivity index (χ2v) is 18.3. The number of esters is 1. The first-order valence-electron chi connectivity index (χ1n) is 23.6. The van der Waals surface area contributed by atoms with Crippen LogP contribution in [0.2, 0.25) is 0 Å². The lowest BCUT2D eigenvalue weighted by molar-refractivity contribution is -0.146. The molecule has 0 aliphatic rings. The Morgan fingerprint density at radius 1 is 0.667 bits per heavy atom. The Labute approximate surface area is 426 Å². The SMILES string of the molecule is COC(=O)[C@H](CC(C)C)NC(=O)[C@H](Cc1cnc[nH]1)NC(=O)CNC(=O)[C@@H](NC(=O)[C@H](C)NC(=O)[C@H](Cc1c[nH]c2ccccc12)NC(=O)[C@H](CCC(N)=O)NC(=O)[C@H](N)Cc1c(F)c(F)c(F)c(F)c1F)C(C)C. The van der Waals surface area contributed by atoms with E-state index in [-0.39, 0.29) is 25.2 Å². The first kappa shape index (κ1) is 59.6. The van der Waals surface area contributed by atoms with Gasteiger partial charge in [-0.05, 0) is 43.2 Å². The highest BCUT2D eigenvalue weighted by Gasteiger charge is 2.35. The fraction of sp³-hybridized carbons (Fsp3) is 0.458. The number of ether oxygens (including phenoxy) is 1. The number of primary amides is 1. The van der Waals surface area contributed by atoms with E-state index in [0.717, 1.165) is 0 Å². The summed E-state index contributed by atoms with van der Waals surface area (Å²) in [4.78, 5) is 129. The van der Waals surface area contributed by atoms with Crippen LogP contribution in [0.1, 0.15) is 70.7 Å². The van der Waals surface area contributed by atoms with Gasteiger partial charge in [0.2, 0.25) is 53.1 Å². The molecule has 75 heavy (non-hydrogen) atoms. The van der Waals surface area contributed by atoms with Crippen molar-refractivity contribution < 1.29 is 69.8 Å². The van der Waals surface area contributed by atoms with Crippen molar-refractivity contribution in [3.05, 3.63) is 88.9 Å². The van der Waals surface area contributed by atoms with Crippen molar-refractivity contribution in [3.8, 4) is 0 Å². The standard InChI is InChI=1S/C48H61F5N12O10/c1-21(2)13-33(48(74)75-6)64-46(72)32(15-25-18-56-20-59-25)61-35(67)19-58-47(73)41(22(3)4)65-42(68)23(5)60-45(71)31(14-24-17-57-29-10-8-7-9-26(24)29)63-44(70)30(11-12-34(55)66)62-43(69)28(54)16-27-36(49)38(51)40(53)39(52)37(27)50/h7-10,17-18,20-23,28,30-33,41,57H,11-16,19,54H2,1-6H3,(H2,55,66)(H,56,59)(H,58,73)(H,60,71)(H,61,67)(H,62,69)(H,63,70)(H,64,72)(H,65,68)/t23-,28+,30-,31-,32-,33-,41-/m0/s1. The molecule has 27 heteroatoms. The van der Waals surface area contributed by atoms with Crippen LogP contribution >= 0.6 is 0 Å². The molecule has 0 spiro atoms. The number of methoxy groups -OCH3 is 1. The average Bonchev–Trinajstić information content (AvgIpc) is 4.04. The first-order chi connectivity index (χ1) is 35.3. The Hall–Kier alpha value is -7.97. The van der Waals surface area contributed by atoms with Crippen LogP contribution in [0.4, 0.5) is 22.0 Å². The summed E-state index contributed by atoms with van der Waals surface area (Å²) >= 11 is 0. The second-order valence-electron chi connectivity index (χ2n) is 18.3. The van der Waals surface area contributed by atoms with Gasteiger partial charge in [-0.25, -0.2) is 31.7 Å². The van der Waals surface area contributed by atoms with Gasteiger partial charge in [0.1, 0.15) is 36.3 Å². The van der Waals surface area contributed by atoms with Gasteiger partial charge in [0, 0.05) is 60.2 Å². The minimum Gasteiger partial charge on any atom is -0.467 e. The van der Waals surface area contributed by atoms with Crippen molar-refractivity contribution in [1.82, 2.24) is 52.2 Å². The summed E-state index contributed by atoms with van der Waals surface area (Å²) in [6.45, 7) is 7.43. The highest BCUT2D eigenvalue weighted by molar-refractivity contribution is 5.97. The van der Waals surface area contributed by atoms with Gasteiger partial charge in [-0.15, -0.1) is 0 Å². The van der Waals surface area contributed by atoms with Crippen molar-refractivity contribution in [1.29, 1.82) is 0 Å². The van der Waals surface area contributed by atoms with E-state index in [0.29, 0.717) is 22.2 Å². The van der Waals surface area contributed by atoms with Crippen LogP contribution in [0.15, 0.2) is 43.0 Å². The Morgan fingerprint density at radius 3 is 1.85 bits per heavy atom. The number of nitrogens with two attached hydrogens (primary N) is 2. The third kappa shape index (κ3) is 16.8. The van der Waals surface area contributed by atoms with Gasteiger partial charge < -0.3 is 63.4 Å². The van der Waals surface area contributed by atoms with Gasteiger partial charge >= 0.3 is 5.97 Å². The van der Waals surface area contributed by atoms with Crippen LogP contribution < -0.4 is 48.7 Å². The molecule has 0 aliphatic carbocycles. The predicted octanol–water partition coefficient (Wildman–Crippen LogP) is 0.127. The molecule has 2 aromatic carbocycles. The number of hydrogen-bond donors (Lipinski definition) is 11. The summed E-state index contributed by atoms with van der Waals surface area (Å²) in [5.41, 5.74) is 11.3. The van der Waals surface area contributed by atoms with Crippen LogP contribution in [0.3, 0.4) is 0 Å². The lowest BCUT2D eigenvalue weighted by atomic mass is 10.0. The number of benzene rings is 2. The molecule has 0 radical (unpaired) electrons. The van der Waals surface area contributed by atoms with Crippen molar-refractivity contribution in [2.24, 2.45) is 23.3 Å². The Balaban J connectivity index is 1.48. The minimum absolute atomic E-state index is 0.0173. The fourth-order valence-electron chi connectivity index (χ4n) is 7.62. The average molecular weight is 1060 g/mol. The molecule has 0 saturated heterocycles. The molecule has 22 nitrogen and oxygen atoms in total. The number of nitrogens with one attached hydrogen (secondary N) is 9. The molecule has 4 aromatic rings. The summed E-state index contributed by atoms with van der Waals surface area (Å²) in [5, 5.41) is 17.8. The topological polar surface area (TPSA) is 344 Å². The van der Waals surface area contributed by atoms with Crippen molar-refractivity contribution in [2.75, 3.05) is 13.7 Å². The number of carbonyl (C=O) groups excluding carboxylic acids is 9. The van der Waals surface area contributed by atoms with Gasteiger partial charge in [0.25, 0.3) is 0 Å². The molecule has 0 fully saturated rings. The Kier molecular flexibility index (Phi) is 21.7. The van der Waals surface area contributed by atoms with Crippen LogP contribution in [-0.2, 0) is 67.2 Å². The van der Waals surface area contributed by atoms with E-state index in [4.69, 9.17) is 16.2 Å². The van der Waals surface area contributed by atoms with Gasteiger partial charge in [-0.2, -0.15) is 0 Å². The fourth-order valence-corrected chi connectivity index (χ4v) is 7.62. The molecule has 8 amide bonds. The van der Waals surface area contributed by atoms with Crippen molar-refractivity contribution >= 4 is 64.1 Å². The molecule has 0 unspecified atom stereocenters. The molecular formula is C48H61F5N12O10. The Morgan fingerprint density at radius 2 is 1.25 bits per heavy atom. The number of H-pyrrole nitrogens is 2. The third-order valence-corrected chi connectivity index (χ3v) is 11.7. The van der Waals surface area contributed by atoms with Crippen LogP contribution in [0.5, 0.6) is 0 Å². The van der Waals surface area contributed by atoms with E-state index in [9.17, 15) is 65.1 Å². The zero-order valence-corrected chi connectivity index (χ0v) is 41.8. The maximum absolute atomic E-state index is 14.5.